The van der Waals surface area contributed by atoms with Crippen LogP contribution in [0, 0.1) is 5.92 Å². The summed E-state index contributed by atoms with van der Waals surface area (Å²) in [5, 5.41) is 8.88. The van der Waals surface area contributed by atoms with Crippen molar-refractivity contribution in [3.8, 4) is 0 Å². The number of sulfone groups is 1. The number of hydrogen-bond donors (Lipinski definition) is 1. The van der Waals surface area contributed by atoms with E-state index in [-0.39, 0.29) is 29.6 Å². The third-order valence-electron chi connectivity index (χ3n) is 6.36. The van der Waals surface area contributed by atoms with Crippen LogP contribution in [-0.2, 0) is 14.6 Å². The van der Waals surface area contributed by atoms with Crippen LogP contribution in [0.25, 0.3) is 16.8 Å². The molecule has 9 heteroatoms. The van der Waals surface area contributed by atoms with E-state index in [4.69, 9.17) is 4.74 Å². The van der Waals surface area contributed by atoms with Crippen molar-refractivity contribution < 1.29 is 13.2 Å². The fourth-order valence-electron chi connectivity index (χ4n) is 4.87. The molecule has 0 bridgehead atoms. The number of nitrogens with zero attached hydrogens (tertiary/aromatic N) is 4. The van der Waals surface area contributed by atoms with Gasteiger partial charge >= 0.3 is 0 Å². The van der Waals surface area contributed by atoms with Gasteiger partial charge in [-0.25, -0.2) is 13.4 Å². The average molecular weight is 404 g/mol. The van der Waals surface area contributed by atoms with Crippen LogP contribution in [0.5, 0.6) is 0 Å². The Hall–Kier alpha value is -2.00. The molecule has 2 fully saturated rings. The van der Waals surface area contributed by atoms with Crippen molar-refractivity contribution in [3.63, 3.8) is 0 Å². The Kier molecular flexibility index (Phi) is 4.39. The molecule has 1 aliphatic carbocycles. The van der Waals surface area contributed by atoms with E-state index in [1.165, 1.54) is 0 Å². The number of ether oxygens (including phenoxy) is 1. The van der Waals surface area contributed by atoms with Crippen LogP contribution < -0.4 is 0 Å². The summed E-state index contributed by atoms with van der Waals surface area (Å²) >= 11 is 0. The maximum atomic E-state index is 11.7. The SMILES string of the molecule is CCC1CC(OC2CCS(=O)(=O)CC2)CC1c1nnc2cnc3[nH]ccc3n12. The minimum absolute atomic E-state index is 0.0560. The Bertz CT molecular complexity index is 1090. The molecule has 3 atom stereocenters. The van der Waals surface area contributed by atoms with Crippen LogP contribution in [0.2, 0.25) is 0 Å². The van der Waals surface area contributed by atoms with Crippen molar-refractivity contribution in [1.29, 1.82) is 0 Å². The number of hydrogen-bond acceptors (Lipinski definition) is 6. The first-order valence-corrected chi connectivity index (χ1v) is 11.9. The first-order chi connectivity index (χ1) is 13.5. The standard InChI is InChI=1S/C19H25N5O3S/c1-2-12-9-14(27-13-4-7-28(25,26)8-5-13)10-15(12)19-23-22-17-11-21-18-16(24(17)19)3-6-20-18/h3,6,11-15,20H,2,4-5,7-10H2,1H3. The van der Waals surface area contributed by atoms with Gasteiger partial charge in [0.15, 0.2) is 21.1 Å². The number of nitrogens with one attached hydrogen (secondary N) is 1. The molecular formula is C19H25N5O3S. The highest BCUT2D eigenvalue weighted by atomic mass is 32.2. The molecule has 8 nitrogen and oxygen atoms in total. The lowest BCUT2D eigenvalue weighted by Gasteiger charge is -2.25. The van der Waals surface area contributed by atoms with Crippen LogP contribution in [0.1, 0.15) is 50.8 Å². The molecular weight excluding hydrogens is 378 g/mol. The zero-order valence-electron chi connectivity index (χ0n) is 15.9. The van der Waals surface area contributed by atoms with Crippen molar-refractivity contribution >= 4 is 26.6 Å². The number of rotatable bonds is 4. The minimum Gasteiger partial charge on any atom is -0.375 e. The fourth-order valence-corrected chi connectivity index (χ4v) is 6.32. The Balaban J connectivity index is 1.40. The van der Waals surface area contributed by atoms with Crippen molar-refractivity contribution in [2.75, 3.05) is 11.5 Å². The largest absolute Gasteiger partial charge is 0.375 e. The normalized spacial score (nSPS) is 28.4. The fraction of sp³-hybridized carbons (Fsp3) is 0.632. The minimum atomic E-state index is -2.86. The van der Waals surface area contributed by atoms with Gasteiger partial charge in [-0.15, -0.1) is 10.2 Å². The zero-order valence-corrected chi connectivity index (χ0v) is 16.7. The predicted molar refractivity (Wildman–Crippen MR) is 105 cm³/mol. The molecule has 1 saturated heterocycles. The zero-order chi connectivity index (χ0) is 19.3. The van der Waals surface area contributed by atoms with Crippen LogP contribution in [0.4, 0.5) is 0 Å². The summed E-state index contributed by atoms with van der Waals surface area (Å²) in [6, 6.07) is 2.01. The molecule has 4 heterocycles. The lowest BCUT2D eigenvalue weighted by atomic mass is 9.93. The van der Waals surface area contributed by atoms with Crippen molar-refractivity contribution in [3.05, 3.63) is 24.3 Å². The molecule has 3 aromatic rings. The maximum Gasteiger partial charge on any atom is 0.179 e. The van der Waals surface area contributed by atoms with Gasteiger partial charge in [0.1, 0.15) is 5.82 Å². The molecule has 0 radical (unpaired) electrons. The Morgan fingerprint density at radius 2 is 2.04 bits per heavy atom. The van der Waals surface area contributed by atoms with Gasteiger partial charge in [0.2, 0.25) is 0 Å². The molecule has 1 saturated carbocycles. The first kappa shape index (κ1) is 18.1. The molecule has 150 valence electrons. The van der Waals surface area contributed by atoms with Gasteiger partial charge in [-0.2, -0.15) is 0 Å². The van der Waals surface area contributed by atoms with Gasteiger partial charge in [-0.05, 0) is 37.7 Å². The Morgan fingerprint density at radius 1 is 1.21 bits per heavy atom. The van der Waals surface area contributed by atoms with Gasteiger partial charge in [-0.3, -0.25) is 4.40 Å². The van der Waals surface area contributed by atoms with E-state index in [2.05, 4.69) is 31.5 Å². The monoisotopic (exact) mass is 403 g/mol. The van der Waals surface area contributed by atoms with Crippen LogP contribution in [-0.4, -0.2) is 56.7 Å². The topological polar surface area (TPSA) is 102 Å². The second-order valence-corrected chi connectivity index (χ2v) is 10.4. The molecule has 5 rings (SSSR count). The second-order valence-electron chi connectivity index (χ2n) is 8.08. The van der Waals surface area contributed by atoms with Gasteiger partial charge in [0, 0.05) is 12.1 Å². The second kappa shape index (κ2) is 6.81. The van der Waals surface area contributed by atoms with Crippen LogP contribution in [0.3, 0.4) is 0 Å². The van der Waals surface area contributed by atoms with Crippen molar-refractivity contribution in [2.24, 2.45) is 5.92 Å². The highest BCUT2D eigenvalue weighted by Gasteiger charge is 2.39. The third kappa shape index (κ3) is 3.10. The van der Waals surface area contributed by atoms with E-state index in [0.29, 0.717) is 18.8 Å². The number of H-pyrrole nitrogens is 1. The van der Waals surface area contributed by atoms with Crippen LogP contribution in [0.15, 0.2) is 18.5 Å². The highest BCUT2D eigenvalue weighted by molar-refractivity contribution is 7.91. The summed E-state index contributed by atoms with van der Waals surface area (Å²) in [6.45, 7) is 2.21. The van der Waals surface area contributed by atoms with E-state index in [1.54, 1.807) is 6.20 Å². The highest BCUT2D eigenvalue weighted by Crippen LogP contribution is 2.43. The number of aromatic amines is 1. The number of aromatic nitrogens is 5. The first-order valence-electron chi connectivity index (χ1n) is 10.1. The molecule has 0 spiro atoms. The molecule has 1 N–H and O–H groups in total. The molecule has 1 aliphatic heterocycles. The van der Waals surface area contributed by atoms with Gasteiger partial charge in [0.25, 0.3) is 0 Å². The summed E-state index contributed by atoms with van der Waals surface area (Å²) in [6.07, 6.45) is 8.01. The lowest BCUT2D eigenvalue weighted by Crippen LogP contribution is -2.31. The Labute approximate surface area is 163 Å². The van der Waals surface area contributed by atoms with Gasteiger partial charge in [0.05, 0.1) is 35.4 Å². The molecule has 0 amide bonds. The van der Waals surface area contributed by atoms with E-state index >= 15 is 0 Å². The molecule has 3 aromatic heterocycles. The summed E-state index contributed by atoms with van der Waals surface area (Å²) in [5.41, 5.74) is 2.59. The van der Waals surface area contributed by atoms with Crippen molar-refractivity contribution in [2.45, 2.75) is 57.2 Å². The van der Waals surface area contributed by atoms with E-state index in [0.717, 1.165) is 41.9 Å². The van der Waals surface area contributed by atoms with Gasteiger partial charge < -0.3 is 9.72 Å². The van der Waals surface area contributed by atoms with Crippen LogP contribution >= 0.6 is 0 Å². The summed E-state index contributed by atoms with van der Waals surface area (Å²) in [7, 11) is -2.86. The summed E-state index contributed by atoms with van der Waals surface area (Å²) < 4.78 is 31.8. The van der Waals surface area contributed by atoms with Crippen molar-refractivity contribution in [1.82, 2.24) is 24.6 Å². The van der Waals surface area contributed by atoms with E-state index in [9.17, 15) is 8.42 Å². The molecule has 3 unspecified atom stereocenters. The van der Waals surface area contributed by atoms with Gasteiger partial charge in [-0.1, -0.05) is 13.3 Å². The smallest absolute Gasteiger partial charge is 0.179 e. The van der Waals surface area contributed by atoms with E-state index in [1.807, 2.05) is 12.3 Å². The summed E-state index contributed by atoms with van der Waals surface area (Å²) in [5.74, 6) is 2.23. The quantitative estimate of drug-likeness (QED) is 0.718. The predicted octanol–water partition coefficient (Wildman–Crippen LogP) is 2.47. The maximum absolute atomic E-state index is 11.7. The third-order valence-corrected chi connectivity index (χ3v) is 8.08. The number of fused-ring (bicyclic) bond motifs is 3. The molecule has 0 aromatic carbocycles. The lowest BCUT2D eigenvalue weighted by molar-refractivity contribution is -0.0148. The van der Waals surface area contributed by atoms with E-state index < -0.39 is 9.84 Å². The Morgan fingerprint density at radius 3 is 2.82 bits per heavy atom. The molecule has 2 aliphatic rings. The summed E-state index contributed by atoms with van der Waals surface area (Å²) in [4.78, 5) is 7.55. The average Bonchev–Trinajstić information content (AvgIpc) is 3.39. The molecule has 28 heavy (non-hydrogen) atoms.